The second kappa shape index (κ2) is 9.62. The summed E-state index contributed by atoms with van der Waals surface area (Å²) < 4.78 is 5.16. The van der Waals surface area contributed by atoms with Crippen LogP contribution >= 0.6 is 0 Å². The van der Waals surface area contributed by atoms with Crippen LogP contribution in [0, 0.1) is 0 Å². The number of aromatic nitrogens is 2. The maximum atomic E-state index is 12.0. The Labute approximate surface area is 184 Å². The average Bonchev–Trinajstić information content (AvgIpc) is 2.80. The lowest BCUT2D eigenvalue weighted by Crippen LogP contribution is -2.45. The Bertz CT molecular complexity index is 897. The molecule has 2 aliphatic heterocycles. The van der Waals surface area contributed by atoms with Crippen molar-refractivity contribution < 1.29 is 9.53 Å². The molecule has 1 unspecified atom stereocenters. The van der Waals surface area contributed by atoms with Crippen molar-refractivity contribution in [2.75, 3.05) is 42.9 Å². The molecule has 1 saturated heterocycles. The summed E-state index contributed by atoms with van der Waals surface area (Å²) in [7, 11) is 0. The van der Waals surface area contributed by atoms with Gasteiger partial charge in [-0.25, -0.2) is 9.78 Å². The fraction of sp³-hybridized carbons (Fsp3) is 0.522. The molecule has 8 heteroatoms. The predicted molar refractivity (Wildman–Crippen MR) is 121 cm³/mol. The smallest absolute Gasteiger partial charge is 0.415 e. The van der Waals surface area contributed by atoms with Crippen molar-refractivity contribution in [1.29, 1.82) is 0 Å². The number of anilines is 2. The minimum atomic E-state index is -0.363. The number of rotatable bonds is 7. The molecule has 2 atom stereocenters. The summed E-state index contributed by atoms with van der Waals surface area (Å²) in [5.74, 6) is 1.14. The number of fused-ring (bicyclic) bond motifs is 1. The quantitative estimate of drug-likeness (QED) is 0.704. The van der Waals surface area contributed by atoms with E-state index in [0.717, 1.165) is 38.2 Å². The van der Waals surface area contributed by atoms with Gasteiger partial charge in [0.25, 0.3) is 0 Å². The molecule has 1 aromatic heterocycles. The van der Waals surface area contributed by atoms with Crippen molar-refractivity contribution in [2.24, 2.45) is 0 Å². The molecule has 0 spiro atoms. The number of hydrogen-bond acceptors (Lipinski definition) is 7. The summed E-state index contributed by atoms with van der Waals surface area (Å²) >= 11 is 0. The molecular formula is C23H32N6O2. The van der Waals surface area contributed by atoms with Crippen LogP contribution in [0.2, 0.25) is 0 Å². The number of piperazine rings is 1. The van der Waals surface area contributed by atoms with Gasteiger partial charge in [0.05, 0.1) is 11.6 Å². The fourth-order valence-corrected chi connectivity index (χ4v) is 4.37. The highest BCUT2D eigenvalue weighted by Gasteiger charge is 2.27. The summed E-state index contributed by atoms with van der Waals surface area (Å²) in [5, 5.41) is 6.80. The van der Waals surface area contributed by atoms with Gasteiger partial charge < -0.3 is 15.4 Å². The Morgan fingerprint density at radius 3 is 2.55 bits per heavy atom. The van der Waals surface area contributed by atoms with Gasteiger partial charge >= 0.3 is 6.09 Å². The zero-order valence-electron chi connectivity index (χ0n) is 18.6. The van der Waals surface area contributed by atoms with Crippen LogP contribution in [0.15, 0.2) is 30.5 Å². The van der Waals surface area contributed by atoms with E-state index in [4.69, 9.17) is 4.74 Å². The Kier molecular flexibility index (Phi) is 6.67. The van der Waals surface area contributed by atoms with Crippen LogP contribution in [0.1, 0.15) is 56.0 Å². The maximum Gasteiger partial charge on any atom is 0.415 e. The molecule has 0 saturated carbocycles. The van der Waals surface area contributed by atoms with E-state index < -0.39 is 0 Å². The van der Waals surface area contributed by atoms with Gasteiger partial charge in [0.15, 0.2) is 0 Å². The zero-order chi connectivity index (χ0) is 21.8. The lowest BCUT2D eigenvalue weighted by Gasteiger charge is -2.34. The van der Waals surface area contributed by atoms with Crippen LogP contribution in [-0.2, 0) is 11.3 Å². The lowest BCUT2D eigenvalue weighted by molar-refractivity contribution is 0.141. The standard InChI is InChI=1S/C23H32N6O2/c1-4-20(28-12-10-24-11-13-28)18-8-6-17(7-9-18)16(3)26-22-25-14-19-15-31-23(30)29(5-2)21(19)27-22/h6-9,14,16,20,24H,4-5,10-13,15H2,1-3H3,(H,25,26,27)/t16-,20?/m0/s1. The molecule has 1 amide bonds. The van der Waals surface area contributed by atoms with Gasteiger partial charge in [0.2, 0.25) is 5.95 Å². The Morgan fingerprint density at radius 1 is 1.16 bits per heavy atom. The van der Waals surface area contributed by atoms with E-state index in [-0.39, 0.29) is 18.7 Å². The van der Waals surface area contributed by atoms with Gasteiger partial charge in [0, 0.05) is 45.0 Å². The van der Waals surface area contributed by atoms with E-state index in [1.54, 1.807) is 6.20 Å². The fourth-order valence-electron chi connectivity index (χ4n) is 4.37. The first-order chi connectivity index (χ1) is 15.1. The van der Waals surface area contributed by atoms with Gasteiger partial charge in [-0.05, 0) is 31.4 Å². The van der Waals surface area contributed by atoms with E-state index in [2.05, 4.69) is 63.6 Å². The van der Waals surface area contributed by atoms with E-state index in [9.17, 15) is 4.79 Å². The molecule has 1 fully saturated rings. The van der Waals surface area contributed by atoms with Crippen LogP contribution in [0.25, 0.3) is 0 Å². The molecule has 4 rings (SSSR count). The Morgan fingerprint density at radius 2 is 1.87 bits per heavy atom. The van der Waals surface area contributed by atoms with E-state index in [0.29, 0.717) is 24.4 Å². The number of amides is 1. The van der Waals surface area contributed by atoms with E-state index in [1.165, 1.54) is 16.0 Å². The third-order valence-corrected chi connectivity index (χ3v) is 6.13. The Hall–Kier alpha value is -2.71. The number of carbonyl (C=O) groups is 1. The minimum absolute atomic E-state index is 0.0389. The third-order valence-electron chi connectivity index (χ3n) is 6.13. The molecule has 2 N–H and O–H groups in total. The summed E-state index contributed by atoms with van der Waals surface area (Å²) in [6.45, 7) is 11.3. The monoisotopic (exact) mass is 424 g/mol. The topological polar surface area (TPSA) is 82.6 Å². The molecule has 3 heterocycles. The van der Waals surface area contributed by atoms with Crippen LogP contribution < -0.4 is 15.5 Å². The molecule has 2 aliphatic rings. The summed E-state index contributed by atoms with van der Waals surface area (Å²) in [4.78, 5) is 25.1. The van der Waals surface area contributed by atoms with Crippen molar-refractivity contribution >= 4 is 17.9 Å². The van der Waals surface area contributed by atoms with Crippen LogP contribution in [0.4, 0.5) is 16.6 Å². The van der Waals surface area contributed by atoms with Gasteiger partial charge in [-0.1, -0.05) is 31.2 Å². The summed E-state index contributed by atoms with van der Waals surface area (Å²) in [5.41, 5.74) is 3.36. The SMILES string of the molecule is CCC(c1ccc([C@H](C)Nc2ncc3c(n2)N(CC)C(=O)OC3)cc1)N1CCNCC1. The van der Waals surface area contributed by atoms with Crippen molar-refractivity contribution in [3.8, 4) is 0 Å². The van der Waals surface area contributed by atoms with Gasteiger partial charge in [-0.2, -0.15) is 4.98 Å². The molecule has 0 radical (unpaired) electrons. The Balaban J connectivity index is 1.46. The largest absolute Gasteiger partial charge is 0.444 e. The number of nitrogens with zero attached hydrogens (tertiary/aromatic N) is 4. The van der Waals surface area contributed by atoms with Crippen molar-refractivity contribution in [1.82, 2.24) is 20.2 Å². The summed E-state index contributed by atoms with van der Waals surface area (Å²) in [6, 6.07) is 9.36. The van der Waals surface area contributed by atoms with Crippen LogP contribution in [0.5, 0.6) is 0 Å². The van der Waals surface area contributed by atoms with Crippen molar-refractivity contribution in [3.05, 3.63) is 47.2 Å². The lowest BCUT2D eigenvalue weighted by atomic mass is 9.98. The third kappa shape index (κ3) is 4.65. The highest BCUT2D eigenvalue weighted by molar-refractivity contribution is 5.89. The first-order valence-electron chi connectivity index (χ1n) is 11.2. The zero-order valence-corrected chi connectivity index (χ0v) is 18.6. The molecule has 166 valence electrons. The average molecular weight is 425 g/mol. The number of nitrogens with one attached hydrogen (secondary N) is 2. The molecule has 0 bridgehead atoms. The number of hydrogen-bond donors (Lipinski definition) is 2. The van der Waals surface area contributed by atoms with E-state index in [1.807, 2.05) is 6.92 Å². The molecular weight excluding hydrogens is 392 g/mol. The number of cyclic esters (lactones) is 1. The summed E-state index contributed by atoms with van der Waals surface area (Å²) in [6.07, 6.45) is 2.47. The second-order valence-electron chi connectivity index (χ2n) is 8.08. The minimum Gasteiger partial charge on any atom is -0.444 e. The van der Waals surface area contributed by atoms with Crippen molar-refractivity contribution in [2.45, 2.75) is 45.9 Å². The van der Waals surface area contributed by atoms with Crippen molar-refractivity contribution in [3.63, 3.8) is 0 Å². The number of carbonyl (C=O) groups excluding carboxylic acids is 1. The van der Waals surface area contributed by atoms with Gasteiger partial charge in [-0.3, -0.25) is 9.80 Å². The first kappa shape index (κ1) is 21.5. The highest BCUT2D eigenvalue weighted by atomic mass is 16.6. The molecule has 1 aromatic carbocycles. The first-order valence-corrected chi connectivity index (χ1v) is 11.2. The normalized spacial score (nSPS) is 18.8. The van der Waals surface area contributed by atoms with Crippen LogP contribution in [-0.4, -0.2) is 53.7 Å². The highest BCUT2D eigenvalue weighted by Crippen LogP contribution is 2.28. The van der Waals surface area contributed by atoms with Gasteiger partial charge in [0.1, 0.15) is 12.4 Å². The predicted octanol–water partition coefficient (Wildman–Crippen LogP) is 3.48. The maximum absolute atomic E-state index is 12.0. The van der Waals surface area contributed by atoms with Gasteiger partial charge in [-0.15, -0.1) is 0 Å². The van der Waals surface area contributed by atoms with E-state index >= 15 is 0 Å². The second-order valence-corrected chi connectivity index (χ2v) is 8.08. The molecule has 0 aliphatic carbocycles. The molecule has 31 heavy (non-hydrogen) atoms. The number of ether oxygens (including phenoxy) is 1. The molecule has 2 aromatic rings. The molecule has 8 nitrogen and oxygen atoms in total. The number of benzene rings is 1. The van der Waals surface area contributed by atoms with Crippen LogP contribution in [0.3, 0.4) is 0 Å².